The summed E-state index contributed by atoms with van der Waals surface area (Å²) in [6, 6.07) is 5.45. The Labute approximate surface area is 101 Å². The van der Waals surface area contributed by atoms with Crippen LogP contribution in [0.3, 0.4) is 0 Å². The lowest BCUT2D eigenvalue weighted by atomic mass is 10.2. The van der Waals surface area contributed by atoms with E-state index in [1.165, 1.54) is 10.9 Å². The van der Waals surface area contributed by atoms with E-state index in [9.17, 15) is 4.39 Å². The zero-order chi connectivity index (χ0) is 9.42. The van der Waals surface area contributed by atoms with Crippen molar-refractivity contribution in [3.63, 3.8) is 0 Å². The van der Waals surface area contributed by atoms with Crippen molar-refractivity contribution in [1.82, 2.24) is 0 Å². The van der Waals surface area contributed by atoms with Crippen molar-refractivity contribution in [1.29, 1.82) is 0 Å². The Morgan fingerprint density at radius 2 is 2.23 bits per heavy atom. The fourth-order valence-corrected chi connectivity index (χ4v) is 3.43. The maximum Gasteiger partial charge on any atom is 0.137 e. The van der Waals surface area contributed by atoms with Gasteiger partial charge in [-0.05, 0) is 40.1 Å². The van der Waals surface area contributed by atoms with Crippen LogP contribution in [0.25, 0.3) is 10.1 Å². The molecule has 0 spiro atoms. The quantitative estimate of drug-likeness (QED) is 0.510. The highest BCUT2D eigenvalue weighted by Gasteiger charge is 2.07. The van der Waals surface area contributed by atoms with Crippen molar-refractivity contribution in [3.05, 3.63) is 32.5 Å². The standard InChI is InChI=1S/C9H5BrFIS/c10-4-6-3-5-1-2-7(11)8(12)9(5)13-6/h1-3H,4H2. The molecule has 0 atom stereocenters. The molecule has 0 N–H and O–H groups in total. The molecule has 4 heteroatoms. The van der Waals surface area contributed by atoms with Crippen molar-refractivity contribution >= 4 is 59.9 Å². The monoisotopic (exact) mass is 370 g/mol. The van der Waals surface area contributed by atoms with E-state index in [0.717, 1.165) is 19.0 Å². The third-order valence-corrected chi connectivity index (χ3v) is 5.33. The molecule has 13 heavy (non-hydrogen) atoms. The van der Waals surface area contributed by atoms with Crippen LogP contribution in [0.5, 0.6) is 0 Å². The van der Waals surface area contributed by atoms with Gasteiger partial charge in [0.2, 0.25) is 0 Å². The molecule has 2 rings (SSSR count). The first kappa shape index (κ1) is 9.86. The molecule has 0 bridgehead atoms. The predicted molar refractivity (Wildman–Crippen MR) is 67.1 cm³/mol. The van der Waals surface area contributed by atoms with Crippen molar-refractivity contribution in [3.8, 4) is 0 Å². The molecule has 0 fully saturated rings. The van der Waals surface area contributed by atoms with Gasteiger partial charge < -0.3 is 0 Å². The first-order valence-electron chi connectivity index (χ1n) is 3.65. The lowest BCUT2D eigenvalue weighted by Gasteiger charge is -1.94. The van der Waals surface area contributed by atoms with Crippen molar-refractivity contribution in [2.24, 2.45) is 0 Å². The van der Waals surface area contributed by atoms with Gasteiger partial charge in [0.1, 0.15) is 5.82 Å². The Kier molecular flexibility index (Phi) is 2.90. The molecule has 0 aliphatic rings. The molecule has 0 nitrogen and oxygen atoms in total. The summed E-state index contributed by atoms with van der Waals surface area (Å²) in [5.41, 5.74) is 0. The van der Waals surface area contributed by atoms with Crippen LogP contribution in [0.15, 0.2) is 18.2 Å². The summed E-state index contributed by atoms with van der Waals surface area (Å²) in [5, 5.41) is 1.97. The predicted octanol–water partition coefficient (Wildman–Crippen LogP) is 4.54. The average molecular weight is 371 g/mol. The molecule has 68 valence electrons. The normalized spacial score (nSPS) is 11.0. The minimum atomic E-state index is -0.129. The molecular weight excluding hydrogens is 366 g/mol. The van der Waals surface area contributed by atoms with Crippen LogP contribution in [-0.4, -0.2) is 0 Å². The maximum atomic E-state index is 13.1. The Morgan fingerprint density at radius 3 is 2.92 bits per heavy atom. The lowest BCUT2D eigenvalue weighted by molar-refractivity contribution is 0.623. The molecule has 0 aliphatic carbocycles. The van der Waals surface area contributed by atoms with Crippen LogP contribution < -0.4 is 0 Å². The Hall–Kier alpha value is 0.320. The van der Waals surface area contributed by atoms with Gasteiger partial charge in [-0.1, -0.05) is 22.0 Å². The third kappa shape index (κ3) is 1.76. The zero-order valence-electron chi connectivity index (χ0n) is 6.48. The number of rotatable bonds is 1. The largest absolute Gasteiger partial charge is 0.206 e. The lowest BCUT2D eigenvalue weighted by Crippen LogP contribution is -1.78. The summed E-state index contributed by atoms with van der Waals surface area (Å²) in [4.78, 5) is 1.23. The number of fused-ring (bicyclic) bond motifs is 1. The highest BCUT2D eigenvalue weighted by atomic mass is 127. The van der Waals surface area contributed by atoms with E-state index < -0.39 is 0 Å². The second-order valence-corrected chi connectivity index (χ2v) is 5.40. The summed E-state index contributed by atoms with van der Waals surface area (Å²) < 4.78 is 14.9. The van der Waals surface area contributed by atoms with Crippen LogP contribution in [0.1, 0.15) is 4.88 Å². The van der Waals surface area contributed by atoms with E-state index in [-0.39, 0.29) is 5.82 Å². The molecule has 0 saturated heterocycles. The van der Waals surface area contributed by atoms with Gasteiger partial charge in [-0.3, -0.25) is 0 Å². The van der Waals surface area contributed by atoms with Crippen LogP contribution in [0.2, 0.25) is 0 Å². The number of halogens is 3. The number of alkyl halides is 1. The van der Waals surface area contributed by atoms with E-state index >= 15 is 0 Å². The third-order valence-electron chi connectivity index (χ3n) is 1.76. The van der Waals surface area contributed by atoms with Gasteiger partial charge in [-0.2, -0.15) is 0 Å². The minimum absolute atomic E-state index is 0.129. The summed E-state index contributed by atoms with van der Waals surface area (Å²) in [5.74, 6) is -0.129. The summed E-state index contributed by atoms with van der Waals surface area (Å²) in [6.07, 6.45) is 0. The molecule has 0 unspecified atom stereocenters. The molecule has 0 saturated carbocycles. The molecule has 1 aromatic heterocycles. The van der Waals surface area contributed by atoms with Crippen LogP contribution in [0, 0.1) is 9.39 Å². The fraction of sp³-hybridized carbons (Fsp3) is 0.111. The maximum absolute atomic E-state index is 13.1. The first-order valence-corrected chi connectivity index (χ1v) is 6.66. The molecular formula is C9H5BrFIS. The second kappa shape index (κ2) is 3.82. The van der Waals surface area contributed by atoms with Crippen molar-refractivity contribution < 1.29 is 4.39 Å². The Morgan fingerprint density at radius 1 is 1.46 bits per heavy atom. The zero-order valence-corrected chi connectivity index (χ0v) is 11.0. The van der Waals surface area contributed by atoms with E-state index in [1.54, 1.807) is 11.3 Å². The van der Waals surface area contributed by atoms with Gasteiger partial charge in [-0.15, -0.1) is 11.3 Å². The first-order chi connectivity index (χ1) is 6.22. The van der Waals surface area contributed by atoms with Crippen LogP contribution in [0.4, 0.5) is 4.39 Å². The number of thiophene rings is 1. The molecule has 1 aromatic carbocycles. The van der Waals surface area contributed by atoms with Crippen molar-refractivity contribution in [2.75, 3.05) is 0 Å². The molecule has 0 aliphatic heterocycles. The van der Waals surface area contributed by atoms with Crippen molar-refractivity contribution in [2.45, 2.75) is 5.33 Å². The van der Waals surface area contributed by atoms with E-state index in [4.69, 9.17) is 0 Å². The molecule has 1 heterocycles. The smallest absolute Gasteiger partial charge is 0.137 e. The minimum Gasteiger partial charge on any atom is -0.206 e. The van der Waals surface area contributed by atoms with E-state index in [2.05, 4.69) is 44.6 Å². The average Bonchev–Trinajstić information content (AvgIpc) is 2.55. The summed E-state index contributed by atoms with van der Waals surface area (Å²) >= 11 is 7.09. The van der Waals surface area contributed by atoms with E-state index in [1.807, 2.05) is 6.07 Å². The molecule has 0 amide bonds. The Balaban J connectivity index is 2.76. The SMILES string of the molecule is Fc1ccc2cc(CBr)sc2c1I. The molecule has 0 radical (unpaired) electrons. The van der Waals surface area contributed by atoms with Crippen LogP contribution in [-0.2, 0) is 5.33 Å². The fourth-order valence-electron chi connectivity index (χ4n) is 1.16. The van der Waals surface area contributed by atoms with Gasteiger partial charge in [0, 0.05) is 10.2 Å². The Bertz CT molecular complexity index is 452. The van der Waals surface area contributed by atoms with Crippen LogP contribution >= 0.6 is 49.9 Å². The van der Waals surface area contributed by atoms with E-state index in [0.29, 0.717) is 0 Å². The number of hydrogen-bond donors (Lipinski definition) is 0. The topological polar surface area (TPSA) is 0 Å². The molecule has 2 aromatic rings. The summed E-state index contributed by atoms with van der Waals surface area (Å²) in [7, 11) is 0. The number of hydrogen-bond acceptors (Lipinski definition) is 1. The number of benzene rings is 1. The van der Waals surface area contributed by atoms with Gasteiger partial charge in [-0.25, -0.2) is 4.39 Å². The van der Waals surface area contributed by atoms with Gasteiger partial charge in [0.05, 0.1) is 8.27 Å². The van der Waals surface area contributed by atoms with Gasteiger partial charge >= 0.3 is 0 Å². The highest BCUT2D eigenvalue weighted by Crippen LogP contribution is 2.32. The van der Waals surface area contributed by atoms with Gasteiger partial charge in [0.25, 0.3) is 0 Å². The highest BCUT2D eigenvalue weighted by molar-refractivity contribution is 14.1. The second-order valence-electron chi connectivity index (χ2n) is 2.63. The summed E-state index contributed by atoms with van der Waals surface area (Å²) in [6.45, 7) is 0. The van der Waals surface area contributed by atoms with Gasteiger partial charge in [0.15, 0.2) is 0 Å².